The lowest BCUT2D eigenvalue weighted by molar-refractivity contribution is -0.118. The molecule has 1 aromatic heterocycles. The van der Waals surface area contributed by atoms with Crippen molar-refractivity contribution in [1.82, 2.24) is 9.88 Å². The number of hydrogen-bond acceptors (Lipinski definition) is 5. The largest absolute Gasteiger partial charge is 0.389 e. The molecule has 1 saturated carbocycles. The molecule has 1 amide bonds. The van der Waals surface area contributed by atoms with Crippen LogP contribution >= 0.6 is 0 Å². The molecule has 1 aromatic carbocycles. The van der Waals surface area contributed by atoms with E-state index in [0.717, 1.165) is 36.7 Å². The number of amides is 1. The Bertz CT molecular complexity index is 1090. The zero-order valence-corrected chi connectivity index (χ0v) is 20.6. The zero-order valence-electron chi connectivity index (χ0n) is 20.6. The van der Waals surface area contributed by atoms with Gasteiger partial charge in [-0.3, -0.25) is 9.69 Å². The highest BCUT2D eigenvalue weighted by molar-refractivity contribution is 5.96. The van der Waals surface area contributed by atoms with E-state index < -0.39 is 11.8 Å². The molecule has 2 N–H and O–H groups in total. The molecule has 0 unspecified atom stereocenters. The first-order valence-electron chi connectivity index (χ1n) is 12.5. The van der Waals surface area contributed by atoms with Gasteiger partial charge in [-0.05, 0) is 94.6 Å². The number of aliphatic hydroxyl groups is 1. The molecule has 7 heteroatoms. The van der Waals surface area contributed by atoms with Gasteiger partial charge < -0.3 is 15.2 Å². The van der Waals surface area contributed by atoms with Crippen molar-refractivity contribution in [3.8, 4) is 0 Å². The van der Waals surface area contributed by atoms with Crippen molar-refractivity contribution in [3.63, 3.8) is 0 Å². The number of halogens is 1. The van der Waals surface area contributed by atoms with Gasteiger partial charge in [0.25, 0.3) is 0 Å². The number of hydrogen-bond donors (Lipinski definition) is 2. The smallest absolute Gasteiger partial charge is 0.229 e. The van der Waals surface area contributed by atoms with Gasteiger partial charge in [0.1, 0.15) is 11.5 Å². The second kappa shape index (κ2) is 8.54. The number of alkyl halides is 1. The van der Waals surface area contributed by atoms with Crippen LogP contribution in [0.5, 0.6) is 0 Å². The van der Waals surface area contributed by atoms with Crippen LogP contribution in [0.4, 0.5) is 10.2 Å². The first-order valence-corrected chi connectivity index (χ1v) is 12.5. The number of aromatic nitrogens is 1. The maximum atomic E-state index is 14.1. The fourth-order valence-corrected chi connectivity index (χ4v) is 5.95. The van der Waals surface area contributed by atoms with E-state index in [9.17, 15) is 14.3 Å². The maximum Gasteiger partial charge on any atom is 0.229 e. The first kappa shape index (κ1) is 23.6. The fraction of sp³-hybridized carbons (Fsp3) is 0.630. The van der Waals surface area contributed by atoms with E-state index >= 15 is 0 Å². The number of nitrogens with zero attached hydrogens (tertiary/aromatic N) is 2. The predicted octanol–water partition coefficient (Wildman–Crippen LogP) is 4.20. The summed E-state index contributed by atoms with van der Waals surface area (Å²) in [4.78, 5) is 19.4. The van der Waals surface area contributed by atoms with Gasteiger partial charge in [-0.2, -0.15) is 0 Å². The van der Waals surface area contributed by atoms with Crippen molar-refractivity contribution in [2.75, 3.05) is 31.6 Å². The number of fused-ring (bicyclic) bond motifs is 1. The lowest BCUT2D eigenvalue weighted by Crippen LogP contribution is -2.56. The summed E-state index contributed by atoms with van der Waals surface area (Å²) < 4.78 is 19.7. The van der Waals surface area contributed by atoms with Crippen molar-refractivity contribution in [3.05, 3.63) is 35.5 Å². The summed E-state index contributed by atoms with van der Waals surface area (Å²) in [5.74, 6) is 0.338. The van der Waals surface area contributed by atoms with Crippen LogP contribution < -0.4 is 5.32 Å². The van der Waals surface area contributed by atoms with Crippen LogP contribution in [0.1, 0.15) is 57.1 Å². The van der Waals surface area contributed by atoms with Gasteiger partial charge in [0.05, 0.1) is 24.9 Å². The third kappa shape index (κ3) is 4.34. The molecule has 0 spiro atoms. The van der Waals surface area contributed by atoms with E-state index in [-0.39, 0.29) is 23.3 Å². The Kier molecular flexibility index (Phi) is 5.94. The molecule has 3 heterocycles. The molecule has 2 saturated heterocycles. The van der Waals surface area contributed by atoms with Crippen molar-refractivity contribution < 1.29 is 19.0 Å². The molecule has 6 nitrogen and oxygen atoms in total. The highest BCUT2D eigenvalue weighted by Crippen LogP contribution is 2.48. The average molecular weight is 470 g/mol. The Morgan fingerprint density at radius 2 is 2.00 bits per heavy atom. The molecular weight excluding hydrogens is 433 g/mol. The zero-order chi connectivity index (χ0) is 24.3. The Labute approximate surface area is 200 Å². The van der Waals surface area contributed by atoms with E-state index in [0.29, 0.717) is 31.4 Å². The molecule has 3 fully saturated rings. The highest BCUT2D eigenvalue weighted by Gasteiger charge is 2.52. The summed E-state index contributed by atoms with van der Waals surface area (Å²) in [7, 11) is 0. The summed E-state index contributed by atoms with van der Waals surface area (Å²) in [6.45, 7) is 10.2. The summed E-state index contributed by atoms with van der Waals surface area (Å²) in [6.07, 6.45) is 4.02. The Morgan fingerprint density at radius 3 is 2.62 bits per heavy atom. The quantitative estimate of drug-likeness (QED) is 0.687. The van der Waals surface area contributed by atoms with Crippen LogP contribution in [0.3, 0.4) is 0 Å². The summed E-state index contributed by atoms with van der Waals surface area (Å²) >= 11 is 0. The number of piperidine rings is 1. The second-order valence-electron chi connectivity index (χ2n) is 11.3. The van der Waals surface area contributed by atoms with E-state index in [1.807, 2.05) is 6.07 Å². The van der Waals surface area contributed by atoms with Gasteiger partial charge in [0, 0.05) is 23.4 Å². The molecule has 2 aromatic rings. The number of carbonyl (C=O) groups excluding carboxylic acids is 1. The monoisotopic (exact) mass is 469 g/mol. The number of ether oxygens (including phenoxy) is 1. The molecule has 1 aliphatic carbocycles. The van der Waals surface area contributed by atoms with Crippen molar-refractivity contribution in [1.29, 1.82) is 0 Å². The minimum Gasteiger partial charge on any atom is -0.389 e. The van der Waals surface area contributed by atoms with E-state index in [4.69, 9.17) is 4.74 Å². The standard InChI is InChI=1S/C27H36FN3O3/c1-16-9-19-13-29-24(30-25(33)21-12-22(21)26(2,3)28)11-18(19)10-20(16)17-5-7-31(8-6-17)27(4)15-34-14-23(27)32/h9-11,13,17,21-23,32H,5-8,12,14-15H2,1-4H3,(H,29,30,33)/t21-,22-,23-,27+/m0/s1. The van der Waals surface area contributed by atoms with Gasteiger partial charge in [-0.1, -0.05) is 6.07 Å². The number of aliphatic hydroxyl groups excluding tert-OH is 1. The molecule has 0 bridgehead atoms. The number of nitrogens with one attached hydrogen (secondary N) is 1. The number of pyridine rings is 1. The van der Waals surface area contributed by atoms with Crippen LogP contribution in [0.15, 0.2) is 24.4 Å². The molecule has 184 valence electrons. The minimum atomic E-state index is -1.33. The molecular formula is C27H36FN3O3. The molecule has 3 aliphatic rings. The van der Waals surface area contributed by atoms with Gasteiger partial charge in [-0.25, -0.2) is 9.37 Å². The number of likely N-dealkylation sites (tertiary alicyclic amines) is 1. The fourth-order valence-electron chi connectivity index (χ4n) is 5.95. The Morgan fingerprint density at radius 1 is 1.26 bits per heavy atom. The summed E-state index contributed by atoms with van der Waals surface area (Å²) in [5, 5.41) is 15.4. The first-order chi connectivity index (χ1) is 16.1. The van der Waals surface area contributed by atoms with Gasteiger partial charge >= 0.3 is 0 Å². The van der Waals surface area contributed by atoms with Crippen LogP contribution in [-0.4, -0.2) is 64.5 Å². The number of carbonyl (C=O) groups is 1. The lowest BCUT2D eigenvalue weighted by Gasteiger charge is -2.44. The van der Waals surface area contributed by atoms with Crippen molar-refractivity contribution in [2.45, 2.75) is 70.2 Å². The normalized spacial score (nSPS) is 30.6. The number of anilines is 1. The number of rotatable bonds is 5. The van der Waals surface area contributed by atoms with Crippen LogP contribution in [0, 0.1) is 18.8 Å². The van der Waals surface area contributed by atoms with Crippen LogP contribution in [-0.2, 0) is 9.53 Å². The Hall–Kier alpha value is -2.09. The molecule has 4 atom stereocenters. The topological polar surface area (TPSA) is 74.7 Å². The van der Waals surface area contributed by atoms with Gasteiger partial charge in [0.2, 0.25) is 5.91 Å². The molecule has 0 radical (unpaired) electrons. The average Bonchev–Trinajstić information content (AvgIpc) is 3.54. The van der Waals surface area contributed by atoms with Crippen LogP contribution in [0.2, 0.25) is 0 Å². The summed E-state index contributed by atoms with van der Waals surface area (Å²) in [6, 6.07) is 6.34. The van der Waals surface area contributed by atoms with Gasteiger partial charge in [-0.15, -0.1) is 0 Å². The minimum absolute atomic E-state index is 0.145. The third-order valence-corrected chi connectivity index (χ3v) is 8.41. The second-order valence-corrected chi connectivity index (χ2v) is 11.3. The number of benzene rings is 1. The lowest BCUT2D eigenvalue weighted by atomic mass is 9.83. The predicted molar refractivity (Wildman–Crippen MR) is 131 cm³/mol. The van der Waals surface area contributed by atoms with Crippen molar-refractivity contribution in [2.24, 2.45) is 11.8 Å². The van der Waals surface area contributed by atoms with Crippen LogP contribution in [0.25, 0.3) is 10.8 Å². The van der Waals surface area contributed by atoms with Gasteiger partial charge in [0.15, 0.2) is 0 Å². The third-order valence-electron chi connectivity index (χ3n) is 8.41. The molecule has 2 aliphatic heterocycles. The maximum absolute atomic E-state index is 14.1. The highest BCUT2D eigenvalue weighted by atomic mass is 19.1. The molecule has 34 heavy (non-hydrogen) atoms. The summed E-state index contributed by atoms with van der Waals surface area (Å²) in [5.41, 5.74) is 0.970. The van der Waals surface area contributed by atoms with E-state index in [2.05, 4.69) is 41.2 Å². The Balaban J connectivity index is 1.29. The van der Waals surface area contributed by atoms with E-state index in [1.165, 1.54) is 25.0 Å². The van der Waals surface area contributed by atoms with Crippen molar-refractivity contribution >= 4 is 22.5 Å². The molecule has 5 rings (SSSR count). The van der Waals surface area contributed by atoms with E-state index in [1.54, 1.807) is 6.20 Å². The number of aryl methyl sites for hydroxylation is 1. The SMILES string of the molecule is Cc1cc2cnc(NC(=O)[C@H]3C[C@@H]3C(C)(C)F)cc2cc1C1CCN([C@]2(C)COC[C@@H]2O)CC1.